The highest BCUT2D eigenvalue weighted by atomic mass is 32.2. The number of nitro groups is 1. The van der Waals surface area contributed by atoms with E-state index in [1.165, 1.54) is 22.7 Å². The van der Waals surface area contributed by atoms with Crippen LogP contribution in [0.25, 0.3) is 0 Å². The first-order chi connectivity index (χ1) is 14.7. The molecule has 2 aromatic carbocycles. The van der Waals surface area contributed by atoms with Crippen molar-refractivity contribution in [2.75, 3.05) is 12.5 Å². The Morgan fingerprint density at radius 2 is 1.81 bits per heavy atom. The highest BCUT2D eigenvalue weighted by Crippen LogP contribution is 2.34. The maximum absolute atomic E-state index is 13.5. The van der Waals surface area contributed by atoms with Gasteiger partial charge in [-0.3, -0.25) is 15.5 Å². The number of nitrogens with zero attached hydrogens (tertiary/aromatic N) is 3. The van der Waals surface area contributed by atoms with Gasteiger partial charge in [-0.05, 0) is 62.6 Å². The summed E-state index contributed by atoms with van der Waals surface area (Å²) in [5.74, 6) is 0.707. The highest BCUT2D eigenvalue weighted by molar-refractivity contribution is 7.89. The van der Waals surface area contributed by atoms with Gasteiger partial charge in [0.2, 0.25) is 10.0 Å². The first kappa shape index (κ1) is 22.7. The standard InChI is InChI=1S/C21H26N4O5S/c1-15-5-4-6-16(2)24(15)31(28,29)21-13-18(25(26)27)9-12-20(21)23-22-14-17-7-10-19(30-3)11-8-17/h7-16,23H,4-6H2,1-3H3/b22-14-/t15-,16-/m1/s1. The molecule has 1 saturated heterocycles. The lowest BCUT2D eigenvalue weighted by atomic mass is 10.0. The molecule has 2 atom stereocenters. The third-order valence-corrected chi connectivity index (χ3v) is 7.53. The molecule has 0 amide bonds. The highest BCUT2D eigenvalue weighted by Gasteiger charge is 2.37. The summed E-state index contributed by atoms with van der Waals surface area (Å²) in [5, 5.41) is 15.4. The van der Waals surface area contributed by atoms with Gasteiger partial charge in [0.15, 0.2) is 0 Å². The van der Waals surface area contributed by atoms with Crippen LogP contribution in [0.15, 0.2) is 52.5 Å². The van der Waals surface area contributed by atoms with Crippen LogP contribution in [-0.2, 0) is 10.0 Å². The molecule has 0 unspecified atom stereocenters. The number of non-ortho nitro benzene ring substituents is 1. The van der Waals surface area contributed by atoms with E-state index in [0.29, 0.717) is 5.75 Å². The summed E-state index contributed by atoms with van der Waals surface area (Å²) in [4.78, 5) is 10.5. The predicted molar refractivity (Wildman–Crippen MR) is 119 cm³/mol. The van der Waals surface area contributed by atoms with E-state index in [-0.39, 0.29) is 28.4 Å². The summed E-state index contributed by atoms with van der Waals surface area (Å²) in [6.45, 7) is 3.72. The smallest absolute Gasteiger partial charge is 0.270 e. The molecular formula is C21H26N4O5S. The molecule has 31 heavy (non-hydrogen) atoms. The van der Waals surface area contributed by atoms with Crippen molar-refractivity contribution in [2.45, 2.75) is 50.1 Å². The Kier molecular flexibility index (Phi) is 6.91. The van der Waals surface area contributed by atoms with Crippen LogP contribution in [0.4, 0.5) is 11.4 Å². The summed E-state index contributed by atoms with van der Waals surface area (Å²) in [5.41, 5.74) is 3.41. The summed E-state index contributed by atoms with van der Waals surface area (Å²) >= 11 is 0. The van der Waals surface area contributed by atoms with Gasteiger partial charge >= 0.3 is 0 Å². The molecule has 1 aliphatic heterocycles. The molecule has 3 rings (SSSR count). The SMILES string of the molecule is COc1ccc(/C=N\Nc2ccc([N+](=O)[O-])cc2S(=O)(=O)N2[C@H](C)CCC[C@H]2C)cc1. The minimum Gasteiger partial charge on any atom is -0.497 e. The molecule has 9 nitrogen and oxygen atoms in total. The lowest BCUT2D eigenvalue weighted by Crippen LogP contribution is -2.47. The van der Waals surface area contributed by atoms with Crippen molar-refractivity contribution in [3.05, 3.63) is 58.1 Å². The zero-order valence-corrected chi connectivity index (χ0v) is 18.5. The summed E-state index contributed by atoms with van der Waals surface area (Å²) in [6, 6.07) is 10.5. The van der Waals surface area contributed by atoms with Gasteiger partial charge < -0.3 is 4.74 Å². The van der Waals surface area contributed by atoms with Gasteiger partial charge in [0.1, 0.15) is 10.6 Å². The van der Waals surface area contributed by atoms with E-state index >= 15 is 0 Å². The third-order valence-electron chi connectivity index (χ3n) is 5.36. The Bertz CT molecular complexity index is 1060. The van der Waals surface area contributed by atoms with Gasteiger partial charge in [0.25, 0.3) is 5.69 Å². The maximum atomic E-state index is 13.5. The predicted octanol–water partition coefficient (Wildman–Crippen LogP) is 4.00. The molecule has 0 aromatic heterocycles. The molecule has 166 valence electrons. The minimum absolute atomic E-state index is 0.158. The summed E-state index contributed by atoms with van der Waals surface area (Å²) in [6.07, 6.45) is 3.97. The number of anilines is 1. The van der Waals surface area contributed by atoms with E-state index in [2.05, 4.69) is 10.5 Å². The van der Waals surface area contributed by atoms with Crippen molar-refractivity contribution in [3.63, 3.8) is 0 Å². The minimum atomic E-state index is -3.98. The molecule has 1 heterocycles. The zero-order valence-electron chi connectivity index (χ0n) is 17.7. The second-order valence-corrected chi connectivity index (χ2v) is 9.36. The van der Waals surface area contributed by atoms with Crippen molar-refractivity contribution >= 4 is 27.6 Å². The number of benzene rings is 2. The van der Waals surface area contributed by atoms with Crippen LogP contribution in [0, 0.1) is 10.1 Å². The van der Waals surface area contributed by atoms with Crippen LogP contribution in [-0.4, -0.2) is 43.1 Å². The second kappa shape index (κ2) is 9.44. The molecule has 0 saturated carbocycles. The third kappa shape index (κ3) is 5.02. The number of piperidine rings is 1. The van der Waals surface area contributed by atoms with Crippen molar-refractivity contribution in [1.82, 2.24) is 4.31 Å². The molecule has 1 aliphatic rings. The molecular weight excluding hydrogens is 420 g/mol. The first-order valence-electron chi connectivity index (χ1n) is 9.99. The van der Waals surface area contributed by atoms with Crippen molar-refractivity contribution in [3.8, 4) is 5.75 Å². The molecule has 1 N–H and O–H groups in total. The molecule has 0 radical (unpaired) electrons. The summed E-state index contributed by atoms with van der Waals surface area (Å²) in [7, 11) is -2.40. The number of sulfonamides is 1. The Hall–Kier alpha value is -2.98. The van der Waals surface area contributed by atoms with E-state index in [9.17, 15) is 18.5 Å². The van der Waals surface area contributed by atoms with Gasteiger partial charge in [-0.15, -0.1) is 0 Å². The fourth-order valence-electron chi connectivity index (χ4n) is 3.78. The van der Waals surface area contributed by atoms with E-state index < -0.39 is 14.9 Å². The van der Waals surface area contributed by atoms with Crippen molar-refractivity contribution in [2.24, 2.45) is 5.10 Å². The monoisotopic (exact) mass is 446 g/mol. The van der Waals surface area contributed by atoms with E-state index in [0.717, 1.165) is 30.9 Å². The number of ether oxygens (including phenoxy) is 1. The largest absolute Gasteiger partial charge is 0.497 e. The maximum Gasteiger partial charge on any atom is 0.270 e. The second-order valence-electron chi connectivity index (χ2n) is 7.54. The zero-order chi connectivity index (χ0) is 22.6. The fourth-order valence-corrected chi connectivity index (χ4v) is 5.83. The topological polar surface area (TPSA) is 114 Å². The van der Waals surface area contributed by atoms with Gasteiger partial charge in [0, 0.05) is 24.2 Å². The van der Waals surface area contributed by atoms with Crippen LogP contribution in [0.5, 0.6) is 5.75 Å². The van der Waals surface area contributed by atoms with Crippen LogP contribution in [0.3, 0.4) is 0 Å². The Labute approximate surface area is 181 Å². The van der Waals surface area contributed by atoms with Crippen LogP contribution < -0.4 is 10.2 Å². The lowest BCUT2D eigenvalue weighted by molar-refractivity contribution is -0.385. The Balaban J connectivity index is 1.95. The Morgan fingerprint density at radius 3 is 2.39 bits per heavy atom. The van der Waals surface area contributed by atoms with Crippen LogP contribution in [0.1, 0.15) is 38.7 Å². The fraction of sp³-hybridized carbons (Fsp3) is 0.381. The summed E-state index contributed by atoms with van der Waals surface area (Å²) < 4.78 is 33.6. The van der Waals surface area contributed by atoms with Gasteiger partial charge in [0.05, 0.1) is 23.9 Å². The molecule has 0 spiro atoms. The van der Waals surface area contributed by atoms with Crippen molar-refractivity contribution < 1.29 is 18.1 Å². The van der Waals surface area contributed by atoms with E-state index in [1.807, 2.05) is 13.8 Å². The molecule has 10 heteroatoms. The average molecular weight is 447 g/mol. The van der Waals surface area contributed by atoms with Crippen LogP contribution >= 0.6 is 0 Å². The van der Waals surface area contributed by atoms with E-state index in [4.69, 9.17) is 4.74 Å². The van der Waals surface area contributed by atoms with E-state index in [1.54, 1.807) is 31.4 Å². The number of nitro benzene ring substituents is 1. The van der Waals surface area contributed by atoms with Crippen LogP contribution in [0.2, 0.25) is 0 Å². The molecule has 0 aliphatic carbocycles. The van der Waals surface area contributed by atoms with Gasteiger partial charge in [-0.2, -0.15) is 9.41 Å². The molecule has 2 aromatic rings. The lowest BCUT2D eigenvalue weighted by Gasteiger charge is -2.37. The number of rotatable bonds is 7. The molecule has 0 bridgehead atoms. The normalized spacial score (nSPS) is 20.0. The Morgan fingerprint density at radius 1 is 1.16 bits per heavy atom. The number of nitrogens with one attached hydrogen (secondary N) is 1. The quantitative estimate of drug-likeness (QED) is 0.391. The average Bonchev–Trinajstić information content (AvgIpc) is 2.74. The molecule has 1 fully saturated rings. The van der Waals surface area contributed by atoms with Gasteiger partial charge in [-0.25, -0.2) is 8.42 Å². The number of hydrogen-bond donors (Lipinski definition) is 1. The first-order valence-corrected chi connectivity index (χ1v) is 11.4. The van der Waals surface area contributed by atoms with Gasteiger partial charge in [-0.1, -0.05) is 6.42 Å². The van der Waals surface area contributed by atoms with Crippen molar-refractivity contribution in [1.29, 1.82) is 0 Å². The number of hydrazone groups is 1. The number of methoxy groups -OCH3 is 1. The number of hydrogen-bond acceptors (Lipinski definition) is 7.